The standard InChI is InChI=1S/C6H4F2.F2O2S/c7-5-3-1-2-4-6(5)8;1-5(2,3)4/h1-4H;. The van der Waals surface area contributed by atoms with Crippen LogP contribution in [0.2, 0.25) is 0 Å². The first-order valence-corrected chi connectivity index (χ1v) is 4.13. The second-order valence-electron chi connectivity index (χ2n) is 1.79. The van der Waals surface area contributed by atoms with E-state index in [9.17, 15) is 16.6 Å². The smallest absolute Gasteiger partial charge is 0.204 e. The van der Waals surface area contributed by atoms with E-state index < -0.39 is 22.2 Å². The fourth-order valence-electron chi connectivity index (χ4n) is 0.439. The molecule has 13 heavy (non-hydrogen) atoms. The summed E-state index contributed by atoms with van der Waals surface area (Å²) in [7, 11) is -5.67. The van der Waals surface area contributed by atoms with Crippen molar-refractivity contribution in [2.24, 2.45) is 0 Å². The molecule has 0 aliphatic carbocycles. The van der Waals surface area contributed by atoms with Crippen molar-refractivity contribution in [2.75, 3.05) is 0 Å². The minimum atomic E-state index is -5.67. The van der Waals surface area contributed by atoms with E-state index in [1.54, 1.807) is 0 Å². The van der Waals surface area contributed by atoms with Gasteiger partial charge in [-0.1, -0.05) is 19.9 Å². The summed E-state index contributed by atoms with van der Waals surface area (Å²) in [5.41, 5.74) is 0. The van der Waals surface area contributed by atoms with Gasteiger partial charge in [-0.05, 0) is 12.1 Å². The van der Waals surface area contributed by atoms with Crippen LogP contribution < -0.4 is 0 Å². The van der Waals surface area contributed by atoms with Crippen molar-refractivity contribution >= 4 is 10.6 Å². The van der Waals surface area contributed by atoms with Crippen LogP contribution in [0, 0.1) is 11.6 Å². The molecule has 0 atom stereocenters. The third-order valence-electron chi connectivity index (χ3n) is 0.824. The van der Waals surface area contributed by atoms with Crippen LogP contribution in [0.5, 0.6) is 0 Å². The van der Waals surface area contributed by atoms with Crippen molar-refractivity contribution in [3.05, 3.63) is 35.9 Å². The van der Waals surface area contributed by atoms with Crippen molar-refractivity contribution < 1.29 is 25.0 Å². The van der Waals surface area contributed by atoms with Gasteiger partial charge >= 0.3 is 10.6 Å². The minimum Gasteiger partial charge on any atom is -0.204 e. The molecule has 1 aromatic carbocycles. The summed E-state index contributed by atoms with van der Waals surface area (Å²) in [5.74, 6) is -1.60. The summed E-state index contributed by atoms with van der Waals surface area (Å²) < 4.78 is 60.5. The van der Waals surface area contributed by atoms with Crippen LogP contribution in [0.25, 0.3) is 0 Å². The van der Waals surface area contributed by atoms with E-state index >= 15 is 0 Å². The van der Waals surface area contributed by atoms with Crippen molar-refractivity contribution in [1.29, 1.82) is 0 Å². The van der Waals surface area contributed by atoms with Gasteiger partial charge in [0.05, 0.1) is 0 Å². The predicted molar refractivity (Wildman–Crippen MR) is 37.5 cm³/mol. The molecule has 0 saturated heterocycles. The molecule has 0 bridgehead atoms. The Kier molecular flexibility index (Phi) is 4.39. The highest BCUT2D eigenvalue weighted by atomic mass is 32.3. The molecule has 0 aliphatic heterocycles. The van der Waals surface area contributed by atoms with Crippen LogP contribution in [0.1, 0.15) is 0 Å². The third-order valence-corrected chi connectivity index (χ3v) is 0.824. The predicted octanol–water partition coefficient (Wildman–Crippen LogP) is 2.14. The van der Waals surface area contributed by atoms with Gasteiger partial charge in [0.2, 0.25) is 0 Å². The highest BCUT2D eigenvalue weighted by Crippen LogP contribution is 2.01. The summed E-state index contributed by atoms with van der Waals surface area (Å²) in [6.07, 6.45) is 0. The molecule has 7 heteroatoms. The van der Waals surface area contributed by atoms with Gasteiger partial charge in [-0.15, -0.1) is 0 Å². The summed E-state index contributed by atoms with van der Waals surface area (Å²) in [6, 6.07) is 5.04. The van der Waals surface area contributed by atoms with Gasteiger partial charge in [0.25, 0.3) is 0 Å². The van der Waals surface area contributed by atoms with E-state index in [1.807, 2.05) is 0 Å². The molecule has 0 spiro atoms. The molecule has 0 aliphatic rings. The Bertz CT molecular complexity index is 334. The molecule has 0 unspecified atom stereocenters. The Morgan fingerprint density at radius 1 is 0.923 bits per heavy atom. The Morgan fingerprint density at radius 3 is 1.31 bits per heavy atom. The van der Waals surface area contributed by atoms with Crippen molar-refractivity contribution in [3.8, 4) is 0 Å². The first kappa shape index (κ1) is 11.9. The van der Waals surface area contributed by atoms with E-state index in [0.717, 1.165) is 12.1 Å². The highest BCUT2D eigenvalue weighted by Gasteiger charge is 1.95. The largest absolute Gasteiger partial charge is 0.476 e. The number of rotatable bonds is 0. The maximum Gasteiger partial charge on any atom is 0.476 e. The average molecular weight is 216 g/mol. The lowest BCUT2D eigenvalue weighted by Crippen LogP contribution is -1.77. The summed E-state index contributed by atoms with van der Waals surface area (Å²) in [6.45, 7) is 0. The monoisotopic (exact) mass is 216 g/mol. The van der Waals surface area contributed by atoms with E-state index in [1.165, 1.54) is 12.1 Å². The fraction of sp³-hybridized carbons (Fsp3) is 0. The Hall–Kier alpha value is -1.11. The van der Waals surface area contributed by atoms with Gasteiger partial charge in [0.1, 0.15) is 0 Å². The van der Waals surface area contributed by atoms with Gasteiger partial charge in [0.15, 0.2) is 11.6 Å². The quantitative estimate of drug-likeness (QED) is 0.491. The first-order valence-electron chi connectivity index (χ1n) is 2.85. The van der Waals surface area contributed by atoms with Crippen LogP contribution in [0.15, 0.2) is 24.3 Å². The molecule has 0 N–H and O–H groups in total. The maximum absolute atomic E-state index is 11.9. The molecule has 0 fully saturated rings. The lowest BCUT2D eigenvalue weighted by Gasteiger charge is -1.85. The topological polar surface area (TPSA) is 34.1 Å². The molecular formula is C6H4F4O2S. The van der Waals surface area contributed by atoms with Crippen LogP contribution >= 0.6 is 0 Å². The van der Waals surface area contributed by atoms with Gasteiger partial charge in [-0.3, -0.25) is 0 Å². The van der Waals surface area contributed by atoms with Gasteiger partial charge in [0, 0.05) is 0 Å². The maximum atomic E-state index is 11.9. The molecule has 0 radical (unpaired) electrons. The minimum absolute atomic E-state index is 0.799. The van der Waals surface area contributed by atoms with E-state index in [0.29, 0.717) is 0 Å². The number of hydrogen-bond acceptors (Lipinski definition) is 2. The van der Waals surface area contributed by atoms with E-state index in [4.69, 9.17) is 8.42 Å². The number of benzene rings is 1. The van der Waals surface area contributed by atoms with Gasteiger partial charge in [-0.25, -0.2) is 8.78 Å². The Labute approximate surface area is 72.3 Å². The molecule has 74 valence electrons. The van der Waals surface area contributed by atoms with E-state index in [-0.39, 0.29) is 0 Å². The molecule has 0 saturated carbocycles. The normalized spacial score (nSPS) is 10.2. The highest BCUT2D eigenvalue weighted by molar-refractivity contribution is 7.81. The van der Waals surface area contributed by atoms with Crippen LogP contribution in [0.4, 0.5) is 16.6 Å². The molecular weight excluding hydrogens is 212 g/mol. The number of hydrogen-bond donors (Lipinski definition) is 0. The number of halogens is 4. The Morgan fingerprint density at radius 2 is 1.15 bits per heavy atom. The molecule has 0 heterocycles. The molecule has 0 amide bonds. The van der Waals surface area contributed by atoms with Crippen molar-refractivity contribution in [2.45, 2.75) is 0 Å². The second-order valence-corrected chi connectivity index (χ2v) is 2.55. The van der Waals surface area contributed by atoms with Crippen LogP contribution in [-0.2, 0) is 10.6 Å². The summed E-state index contributed by atoms with van der Waals surface area (Å²) in [5, 5.41) is 0. The zero-order chi connectivity index (χ0) is 10.5. The average Bonchev–Trinajstić information content (AvgIpc) is 1.92. The summed E-state index contributed by atoms with van der Waals surface area (Å²) >= 11 is 0. The van der Waals surface area contributed by atoms with Crippen LogP contribution in [-0.4, -0.2) is 8.42 Å². The van der Waals surface area contributed by atoms with Gasteiger partial charge < -0.3 is 0 Å². The van der Waals surface area contributed by atoms with Crippen LogP contribution in [0.3, 0.4) is 0 Å². The zero-order valence-corrected chi connectivity index (χ0v) is 6.86. The van der Waals surface area contributed by atoms with Gasteiger partial charge in [-0.2, -0.15) is 8.42 Å². The molecule has 2 nitrogen and oxygen atoms in total. The molecule has 1 rings (SSSR count). The first-order chi connectivity index (χ1) is 5.80. The third kappa shape index (κ3) is 8.80. The lowest BCUT2D eigenvalue weighted by atomic mass is 10.3. The second kappa shape index (κ2) is 4.80. The van der Waals surface area contributed by atoms with Crippen molar-refractivity contribution in [1.82, 2.24) is 0 Å². The lowest BCUT2D eigenvalue weighted by molar-refractivity contribution is 0.501. The SMILES string of the molecule is Fc1ccccc1F.O=S(=O)(F)F. The summed E-state index contributed by atoms with van der Waals surface area (Å²) in [4.78, 5) is 0. The fourth-order valence-corrected chi connectivity index (χ4v) is 0.439. The molecule has 1 aromatic rings. The van der Waals surface area contributed by atoms with Crippen molar-refractivity contribution in [3.63, 3.8) is 0 Å². The Balaban J connectivity index is 0.000000252. The zero-order valence-electron chi connectivity index (χ0n) is 6.05. The van der Waals surface area contributed by atoms with E-state index in [2.05, 4.69) is 0 Å². The molecule has 0 aromatic heterocycles.